The minimum absolute atomic E-state index is 0.0619. The maximum Gasteiger partial charge on any atom is 0.410 e. The second-order valence-corrected chi connectivity index (χ2v) is 8.07. The first-order valence-corrected chi connectivity index (χ1v) is 9.99. The van der Waals surface area contributed by atoms with Gasteiger partial charge in [-0.1, -0.05) is 18.2 Å². The summed E-state index contributed by atoms with van der Waals surface area (Å²) in [7, 11) is 0. The van der Waals surface area contributed by atoms with Crippen LogP contribution in [0.5, 0.6) is 5.75 Å². The van der Waals surface area contributed by atoms with Crippen LogP contribution in [0.25, 0.3) is 5.57 Å². The quantitative estimate of drug-likeness (QED) is 0.776. The van der Waals surface area contributed by atoms with Gasteiger partial charge in [0, 0.05) is 13.1 Å². The van der Waals surface area contributed by atoms with Crippen LogP contribution in [0, 0.1) is 0 Å². The summed E-state index contributed by atoms with van der Waals surface area (Å²) in [6.45, 7) is 7.01. The monoisotopic (exact) mass is 412 g/mol. The van der Waals surface area contributed by atoms with E-state index in [2.05, 4.69) is 5.32 Å². The van der Waals surface area contributed by atoms with Gasteiger partial charge < -0.3 is 24.1 Å². The van der Waals surface area contributed by atoms with Crippen LogP contribution in [0.3, 0.4) is 0 Å². The lowest BCUT2D eigenvalue weighted by Crippen LogP contribution is -2.39. The van der Waals surface area contributed by atoms with Gasteiger partial charge in [0.25, 0.3) is 5.91 Å². The van der Waals surface area contributed by atoms with Crippen molar-refractivity contribution in [2.75, 3.05) is 19.7 Å². The highest BCUT2D eigenvalue weighted by Crippen LogP contribution is 2.25. The maximum absolute atomic E-state index is 12.2. The van der Waals surface area contributed by atoms with Crippen LogP contribution in [-0.4, -0.2) is 42.2 Å². The summed E-state index contributed by atoms with van der Waals surface area (Å²) in [5.74, 6) is 1.10. The van der Waals surface area contributed by atoms with Gasteiger partial charge in [0.2, 0.25) is 0 Å². The Balaban J connectivity index is 1.46. The van der Waals surface area contributed by atoms with Gasteiger partial charge in [-0.2, -0.15) is 0 Å². The molecule has 0 saturated carbocycles. The summed E-state index contributed by atoms with van der Waals surface area (Å²) in [4.78, 5) is 25.7. The highest BCUT2D eigenvalue weighted by molar-refractivity contribution is 5.77. The van der Waals surface area contributed by atoms with E-state index in [9.17, 15) is 9.59 Å². The van der Waals surface area contributed by atoms with Crippen molar-refractivity contribution < 1.29 is 23.5 Å². The maximum atomic E-state index is 12.2. The normalized spacial score (nSPS) is 14.1. The van der Waals surface area contributed by atoms with E-state index >= 15 is 0 Å². The first-order valence-electron chi connectivity index (χ1n) is 9.99. The van der Waals surface area contributed by atoms with Crippen molar-refractivity contribution in [1.82, 2.24) is 10.2 Å². The van der Waals surface area contributed by atoms with E-state index < -0.39 is 5.60 Å². The third-order valence-electron chi connectivity index (χ3n) is 4.50. The molecule has 0 saturated heterocycles. The molecule has 2 amide bonds. The summed E-state index contributed by atoms with van der Waals surface area (Å²) in [5.41, 5.74) is 1.76. The van der Waals surface area contributed by atoms with Crippen molar-refractivity contribution in [3.8, 4) is 5.75 Å². The Kier molecular flexibility index (Phi) is 6.82. The van der Waals surface area contributed by atoms with Crippen molar-refractivity contribution in [1.29, 1.82) is 0 Å². The molecule has 0 radical (unpaired) electrons. The number of nitrogens with one attached hydrogen (secondary N) is 1. The van der Waals surface area contributed by atoms with Crippen LogP contribution in [0.4, 0.5) is 4.79 Å². The molecule has 7 heteroatoms. The minimum Gasteiger partial charge on any atom is -0.484 e. The molecule has 7 nitrogen and oxygen atoms in total. The summed E-state index contributed by atoms with van der Waals surface area (Å²) in [6, 6.07) is 11.2. The molecule has 1 aromatic heterocycles. The Labute approximate surface area is 176 Å². The number of hydrogen-bond donors (Lipinski definition) is 1. The molecule has 0 fully saturated rings. The zero-order valence-electron chi connectivity index (χ0n) is 17.6. The Morgan fingerprint density at radius 1 is 1.17 bits per heavy atom. The van der Waals surface area contributed by atoms with Crippen molar-refractivity contribution >= 4 is 17.6 Å². The average molecular weight is 412 g/mol. The summed E-state index contributed by atoms with van der Waals surface area (Å²) >= 11 is 0. The average Bonchev–Trinajstić information content (AvgIpc) is 3.24. The predicted octanol–water partition coefficient (Wildman–Crippen LogP) is 4.00. The molecule has 1 aromatic carbocycles. The van der Waals surface area contributed by atoms with Crippen molar-refractivity contribution in [3.05, 3.63) is 60.1 Å². The molecule has 0 atom stereocenters. The topological polar surface area (TPSA) is 81.0 Å². The summed E-state index contributed by atoms with van der Waals surface area (Å²) in [6.07, 6.45) is 4.09. The highest BCUT2D eigenvalue weighted by atomic mass is 16.6. The van der Waals surface area contributed by atoms with Crippen LogP contribution in [0.1, 0.15) is 38.5 Å². The summed E-state index contributed by atoms with van der Waals surface area (Å²) in [5, 5.41) is 2.74. The lowest BCUT2D eigenvalue weighted by Gasteiger charge is -2.29. The van der Waals surface area contributed by atoms with Crippen LogP contribution >= 0.6 is 0 Å². The molecule has 160 valence electrons. The van der Waals surface area contributed by atoms with E-state index in [1.165, 1.54) is 5.57 Å². The Morgan fingerprint density at radius 2 is 1.93 bits per heavy atom. The number of amides is 2. The SMILES string of the molecule is CC(C)(C)OC(=O)N1CC=C(c2ccc(OCC(=O)NCc3ccco3)cc2)CC1. The number of benzene rings is 1. The minimum atomic E-state index is -0.493. The molecule has 0 spiro atoms. The number of rotatable bonds is 6. The van der Waals surface area contributed by atoms with Crippen molar-refractivity contribution in [2.45, 2.75) is 39.3 Å². The molecule has 3 rings (SSSR count). The van der Waals surface area contributed by atoms with Gasteiger partial charge in [-0.15, -0.1) is 0 Å². The lowest BCUT2D eigenvalue weighted by atomic mass is 9.99. The Morgan fingerprint density at radius 3 is 2.53 bits per heavy atom. The third-order valence-corrected chi connectivity index (χ3v) is 4.50. The summed E-state index contributed by atoms with van der Waals surface area (Å²) < 4.78 is 16.1. The number of ether oxygens (including phenoxy) is 2. The van der Waals surface area contributed by atoms with Gasteiger partial charge in [-0.3, -0.25) is 4.79 Å². The van der Waals surface area contributed by atoms with Crippen LogP contribution < -0.4 is 10.1 Å². The Hall–Kier alpha value is -3.22. The molecular formula is C23H28N2O5. The van der Waals surface area contributed by atoms with Gasteiger partial charge >= 0.3 is 6.09 Å². The molecule has 1 N–H and O–H groups in total. The van der Waals surface area contributed by atoms with Crippen molar-refractivity contribution in [2.24, 2.45) is 0 Å². The van der Waals surface area contributed by atoms with Crippen LogP contribution in [0.2, 0.25) is 0 Å². The molecule has 1 aliphatic heterocycles. The standard InChI is InChI=1S/C23H28N2O5/c1-23(2,3)30-22(27)25-12-10-18(11-13-25)17-6-8-19(9-7-17)29-16-21(26)24-15-20-5-4-14-28-20/h4-10,14H,11-13,15-16H2,1-3H3,(H,24,26). The number of furan rings is 1. The molecule has 0 unspecified atom stereocenters. The zero-order valence-corrected chi connectivity index (χ0v) is 17.6. The fourth-order valence-electron chi connectivity index (χ4n) is 2.99. The van der Waals surface area contributed by atoms with E-state index in [-0.39, 0.29) is 18.6 Å². The van der Waals surface area contributed by atoms with Gasteiger partial charge in [-0.05, 0) is 62.6 Å². The first kappa shape index (κ1) is 21.5. The molecule has 1 aliphatic rings. The van der Waals surface area contributed by atoms with Crippen molar-refractivity contribution in [3.63, 3.8) is 0 Å². The van der Waals surface area contributed by atoms with Crippen LogP contribution in [-0.2, 0) is 16.1 Å². The molecule has 30 heavy (non-hydrogen) atoms. The number of hydrogen-bond acceptors (Lipinski definition) is 5. The van der Waals surface area contributed by atoms with E-state index in [1.54, 1.807) is 23.3 Å². The Bertz CT molecular complexity index is 879. The second-order valence-electron chi connectivity index (χ2n) is 8.07. The van der Waals surface area contributed by atoms with Crippen LogP contribution in [0.15, 0.2) is 53.2 Å². The number of carbonyl (C=O) groups is 2. The first-order chi connectivity index (χ1) is 14.3. The third kappa shape index (κ3) is 6.40. The number of nitrogens with zero attached hydrogens (tertiary/aromatic N) is 1. The van der Waals surface area contributed by atoms with E-state index in [1.807, 2.05) is 51.1 Å². The van der Waals surface area contributed by atoms with Gasteiger partial charge in [0.15, 0.2) is 6.61 Å². The molecule has 2 heterocycles. The largest absolute Gasteiger partial charge is 0.484 e. The van der Waals surface area contributed by atoms with Gasteiger partial charge in [0.1, 0.15) is 17.1 Å². The van der Waals surface area contributed by atoms with E-state index in [0.29, 0.717) is 31.1 Å². The van der Waals surface area contributed by atoms with E-state index in [0.717, 1.165) is 12.0 Å². The van der Waals surface area contributed by atoms with Gasteiger partial charge in [-0.25, -0.2) is 4.79 Å². The second kappa shape index (κ2) is 9.52. The molecular weight excluding hydrogens is 384 g/mol. The molecule has 0 bridgehead atoms. The fraction of sp³-hybridized carbons (Fsp3) is 0.391. The zero-order chi connectivity index (χ0) is 21.6. The number of carbonyl (C=O) groups excluding carboxylic acids is 2. The lowest BCUT2D eigenvalue weighted by molar-refractivity contribution is -0.123. The molecule has 2 aromatic rings. The fourth-order valence-corrected chi connectivity index (χ4v) is 2.99. The smallest absolute Gasteiger partial charge is 0.410 e. The highest BCUT2D eigenvalue weighted by Gasteiger charge is 2.23. The predicted molar refractivity (Wildman–Crippen MR) is 113 cm³/mol. The van der Waals surface area contributed by atoms with E-state index in [4.69, 9.17) is 13.9 Å². The molecule has 0 aliphatic carbocycles. The van der Waals surface area contributed by atoms with Gasteiger partial charge in [0.05, 0.1) is 12.8 Å².